The van der Waals surface area contributed by atoms with Crippen molar-refractivity contribution in [3.8, 4) is 0 Å². The van der Waals surface area contributed by atoms with Crippen LogP contribution in [0.3, 0.4) is 0 Å². The van der Waals surface area contributed by atoms with Crippen LogP contribution in [0.2, 0.25) is 0 Å². The highest BCUT2D eigenvalue weighted by molar-refractivity contribution is 5.95. The number of aromatic carboxylic acids is 1. The molecule has 0 aliphatic heterocycles. The third kappa shape index (κ3) is 3.04. The number of rotatable bonds is 6. The summed E-state index contributed by atoms with van der Waals surface area (Å²) >= 11 is 0. The molecule has 2 rings (SSSR count). The second-order valence-electron chi connectivity index (χ2n) is 4.74. The maximum atomic E-state index is 11.6. The van der Waals surface area contributed by atoms with E-state index in [4.69, 9.17) is 4.42 Å². The fraction of sp³-hybridized carbons (Fsp3) is 0.400. The number of hydrogen-bond donors (Lipinski definition) is 2. The lowest BCUT2D eigenvalue weighted by atomic mass is 10.0. The van der Waals surface area contributed by atoms with Gasteiger partial charge >= 0.3 is 5.97 Å². The van der Waals surface area contributed by atoms with Gasteiger partial charge in [-0.05, 0) is 37.5 Å². The van der Waals surface area contributed by atoms with Crippen molar-refractivity contribution in [1.29, 1.82) is 0 Å². The summed E-state index contributed by atoms with van der Waals surface area (Å²) in [5.41, 5.74) is 1.66. The van der Waals surface area contributed by atoms with Crippen molar-refractivity contribution >= 4 is 11.8 Å². The molecule has 0 fully saturated rings. The first-order valence-electron chi connectivity index (χ1n) is 7.00. The Morgan fingerprint density at radius 3 is 2.67 bits per heavy atom. The zero-order chi connectivity index (χ0) is 15.4. The summed E-state index contributed by atoms with van der Waals surface area (Å²) in [4.78, 5) is 11.6. The van der Waals surface area contributed by atoms with Crippen LogP contribution in [-0.2, 0) is 12.8 Å². The van der Waals surface area contributed by atoms with Crippen molar-refractivity contribution in [2.75, 3.05) is 5.32 Å². The first-order valence-corrected chi connectivity index (χ1v) is 7.00. The van der Waals surface area contributed by atoms with E-state index in [1.807, 2.05) is 26.8 Å². The van der Waals surface area contributed by atoms with Gasteiger partial charge in [-0.3, -0.25) is 0 Å². The van der Waals surface area contributed by atoms with E-state index in [2.05, 4.69) is 15.5 Å². The number of anilines is 1. The predicted octanol–water partition coefficient (Wildman–Crippen LogP) is 3.07. The van der Waals surface area contributed by atoms with Crippen molar-refractivity contribution in [2.24, 2.45) is 0 Å². The number of aromatic nitrogens is 2. The van der Waals surface area contributed by atoms with Crippen LogP contribution in [0, 0.1) is 0 Å². The van der Waals surface area contributed by atoms with Gasteiger partial charge < -0.3 is 14.8 Å². The van der Waals surface area contributed by atoms with Crippen molar-refractivity contribution < 1.29 is 14.3 Å². The van der Waals surface area contributed by atoms with Crippen molar-refractivity contribution in [3.63, 3.8) is 0 Å². The number of carboxylic acid groups (broad SMARTS) is 1. The first kappa shape index (κ1) is 15.0. The second kappa shape index (κ2) is 6.39. The molecule has 6 nitrogen and oxygen atoms in total. The van der Waals surface area contributed by atoms with E-state index < -0.39 is 5.97 Å². The minimum atomic E-state index is -0.995. The summed E-state index contributed by atoms with van der Waals surface area (Å²) in [5.74, 6) is -0.00296. The average Bonchev–Trinajstić information content (AvgIpc) is 3.00. The zero-order valence-corrected chi connectivity index (χ0v) is 12.4. The van der Waals surface area contributed by atoms with Gasteiger partial charge in [-0.15, -0.1) is 5.10 Å². The fourth-order valence-corrected chi connectivity index (χ4v) is 2.32. The van der Waals surface area contributed by atoms with Gasteiger partial charge in [-0.2, -0.15) is 5.10 Å². The molecule has 0 saturated heterocycles. The van der Waals surface area contributed by atoms with E-state index in [1.165, 1.54) is 0 Å². The molecule has 112 valence electrons. The maximum Gasteiger partial charge on any atom is 0.339 e. The lowest BCUT2D eigenvalue weighted by Crippen LogP contribution is -2.17. The van der Waals surface area contributed by atoms with Crippen LogP contribution in [0.25, 0.3) is 0 Å². The number of nitrogens with one attached hydrogen (secondary N) is 1. The quantitative estimate of drug-likeness (QED) is 0.849. The van der Waals surface area contributed by atoms with Gasteiger partial charge in [-0.1, -0.05) is 13.8 Å². The van der Waals surface area contributed by atoms with E-state index in [0.717, 1.165) is 11.3 Å². The van der Waals surface area contributed by atoms with Crippen LogP contribution in [-0.4, -0.2) is 21.3 Å². The standard InChI is InChI=1S/C15H19N3O3/c1-4-10-11(5-2)17-18-14(13(10)15(19)20)16-9(3)12-7-6-8-21-12/h6-9H,4-5H2,1-3H3,(H,16,18)(H,19,20). The molecule has 0 aliphatic rings. The van der Waals surface area contributed by atoms with E-state index in [1.54, 1.807) is 12.3 Å². The average molecular weight is 289 g/mol. The highest BCUT2D eigenvalue weighted by atomic mass is 16.4. The summed E-state index contributed by atoms with van der Waals surface area (Å²) in [6, 6.07) is 3.42. The Labute approximate surface area is 123 Å². The van der Waals surface area contributed by atoms with E-state index in [9.17, 15) is 9.90 Å². The number of carbonyl (C=O) groups is 1. The fourth-order valence-electron chi connectivity index (χ4n) is 2.32. The molecule has 21 heavy (non-hydrogen) atoms. The second-order valence-corrected chi connectivity index (χ2v) is 4.74. The van der Waals surface area contributed by atoms with Crippen molar-refractivity contribution in [2.45, 2.75) is 39.7 Å². The summed E-state index contributed by atoms with van der Waals surface area (Å²) < 4.78 is 5.31. The molecule has 0 amide bonds. The largest absolute Gasteiger partial charge is 0.478 e. The molecule has 0 spiro atoms. The molecule has 0 radical (unpaired) electrons. The Kier molecular flexibility index (Phi) is 4.57. The number of furan rings is 1. The summed E-state index contributed by atoms with van der Waals surface area (Å²) in [7, 11) is 0. The van der Waals surface area contributed by atoms with Crippen molar-refractivity contribution in [3.05, 3.63) is 41.0 Å². The lowest BCUT2D eigenvalue weighted by molar-refractivity contribution is 0.0696. The van der Waals surface area contributed by atoms with E-state index >= 15 is 0 Å². The highest BCUT2D eigenvalue weighted by Crippen LogP contribution is 2.25. The van der Waals surface area contributed by atoms with Gasteiger partial charge in [0.15, 0.2) is 5.82 Å². The number of nitrogens with zero attached hydrogens (tertiary/aromatic N) is 2. The molecule has 0 bridgehead atoms. The molecule has 6 heteroatoms. The van der Waals surface area contributed by atoms with Crippen LogP contribution < -0.4 is 5.32 Å². The van der Waals surface area contributed by atoms with Gasteiger partial charge in [0, 0.05) is 0 Å². The Hall–Kier alpha value is -2.37. The number of aryl methyl sites for hydroxylation is 1. The number of carboxylic acids is 1. The topological polar surface area (TPSA) is 88.3 Å². The first-order chi connectivity index (χ1) is 10.1. The third-order valence-electron chi connectivity index (χ3n) is 3.38. The van der Waals surface area contributed by atoms with Crippen LogP contribution >= 0.6 is 0 Å². The van der Waals surface area contributed by atoms with Gasteiger partial charge in [0.05, 0.1) is 18.0 Å². The maximum absolute atomic E-state index is 11.6. The Balaban J connectivity index is 2.41. The third-order valence-corrected chi connectivity index (χ3v) is 3.38. The zero-order valence-electron chi connectivity index (χ0n) is 12.4. The normalized spacial score (nSPS) is 12.1. The molecular formula is C15H19N3O3. The monoisotopic (exact) mass is 289 g/mol. The van der Waals surface area contributed by atoms with E-state index in [-0.39, 0.29) is 17.4 Å². The van der Waals surface area contributed by atoms with Crippen LogP contribution in [0.15, 0.2) is 22.8 Å². The molecular weight excluding hydrogens is 270 g/mol. The minimum Gasteiger partial charge on any atom is -0.478 e. The smallest absolute Gasteiger partial charge is 0.339 e. The highest BCUT2D eigenvalue weighted by Gasteiger charge is 2.22. The molecule has 2 heterocycles. The molecule has 1 unspecified atom stereocenters. The van der Waals surface area contributed by atoms with Crippen molar-refractivity contribution in [1.82, 2.24) is 10.2 Å². The summed E-state index contributed by atoms with van der Waals surface area (Å²) in [6.07, 6.45) is 2.84. The Morgan fingerprint density at radius 2 is 2.14 bits per heavy atom. The van der Waals surface area contributed by atoms with Crippen LogP contribution in [0.5, 0.6) is 0 Å². The summed E-state index contributed by atoms with van der Waals surface area (Å²) in [5, 5.41) is 20.8. The van der Waals surface area contributed by atoms with Gasteiger partial charge in [0.2, 0.25) is 0 Å². The van der Waals surface area contributed by atoms with Crippen LogP contribution in [0.1, 0.15) is 54.2 Å². The molecule has 2 N–H and O–H groups in total. The Morgan fingerprint density at radius 1 is 1.38 bits per heavy atom. The minimum absolute atomic E-state index is 0.190. The molecule has 1 atom stereocenters. The lowest BCUT2D eigenvalue weighted by Gasteiger charge is -2.16. The van der Waals surface area contributed by atoms with Gasteiger partial charge in [-0.25, -0.2) is 4.79 Å². The Bertz CT molecular complexity index is 623. The molecule has 0 saturated carbocycles. The van der Waals surface area contributed by atoms with Gasteiger partial charge in [0.1, 0.15) is 11.3 Å². The molecule has 0 aliphatic carbocycles. The number of hydrogen-bond acceptors (Lipinski definition) is 5. The molecule has 0 aromatic carbocycles. The van der Waals surface area contributed by atoms with Gasteiger partial charge in [0.25, 0.3) is 0 Å². The SMILES string of the molecule is CCc1nnc(NC(C)c2ccco2)c(C(=O)O)c1CC. The van der Waals surface area contributed by atoms with E-state index in [0.29, 0.717) is 18.6 Å². The predicted molar refractivity (Wildman–Crippen MR) is 78.5 cm³/mol. The molecule has 2 aromatic heterocycles. The van der Waals surface area contributed by atoms with Crippen LogP contribution in [0.4, 0.5) is 5.82 Å². The summed E-state index contributed by atoms with van der Waals surface area (Å²) in [6.45, 7) is 5.74. The molecule has 2 aromatic rings.